The zero-order valence-corrected chi connectivity index (χ0v) is 17.4. The van der Waals surface area contributed by atoms with Gasteiger partial charge in [0.05, 0.1) is 11.1 Å². The Morgan fingerprint density at radius 3 is 2.48 bits per heavy atom. The lowest BCUT2D eigenvalue weighted by Crippen LogP contribution is -2.30. The Balaban J connectivity index is 2.13. The van der Waals surface area contributed by atoms with E-state index in [1.54, 1.807) is 40.0 Å². The van der Waals surface area contributed by atoms with Gasteiger partial charge in [-0.25, -0.2) is 4.73 Å². The Kier molecular flexibility index (Phi) is 5.13. The monoisotopic (exact) mass is 396 g/mol. The molecule has 8 heteroatoms. The largest absolute Gasteiger partial charge is 0.711 e. The van der Waals surface area contributed by atoms with E-state index in [0.717, 1.165) is 11.1 Å². The molecular weight excluding hydrogens is 372 g/mol. The highest BCUT2D eigenvalue weighted by molar-refractivity contribution is 6.06. The van der Waals surface area contributed by atoms with Gasteiger partial charge in [-0.3, -0.25) is 14.3 Å². The van der Waals surface area contributed by atoms with Crippen LogP contribution in [0, 0.1) is 19.1 Å². The third-order valence-corrected chi connectivity index (χ3v) is 4.37. The third-order valence-electron chi connectivity index (χ3n) is 4.37. The molecule has 0 unspecified atom stereocenters. The summed E-state index contributed by atoms with van der Waals surface area (Å²) in [6, 6.07) is 3.68. The van der Waals surface area contributed by atoms with Crippen molar-refractivity contribution in [1.82, 2.24) is 14.8 Å². The van der Waals surface area contributed by atoms with Crippen molar-refractivity contribution in [3.8, 4) is 11.1 Å². The van der Waals surface area contributed by atoms with E-state index in [2.05, 4.69) is 10.1 Å². The normalized spacial score (nSPS) is 11.7. The molecule has 0 amide bonds. The van der Waals surface area contributed by atoms with Crippen LogP contribution in [-0.4, -0.2) is 32.1 Å². The lowest BCUT2D eigenvalue weighted by molar-refractivity contribution is -0.615. The van der Waals surface area contributed by atoms with Gasteiger partial charge in [0.25, 0.3) is 5.82 Å². The fourth-order valence-electron chi connectivity index (χ4n) is 3.19. The summed E-state index contributed by atoms with van der Waals surface area (Å²) < 4.78 is 7.59. The predicted octanol–water partition coefficient (Wildman–Crippen LogP) is 2.89. The molecular formula is C21H24N4O4. The first-order valence-electron chi connectivity index (χ1n) is 9.26. The van der Waals surface area contributed by atoms with Gasteiger partial charge in [0.2, 0.25) is 0 Å². The maximum Gasteiger partial charge on any atom is 0.328 e. The minimum Gasteiger partial charge on any atom is -0.711 e. The van der Waals surface area contributed by atoms with Gasteiger partial charge in [-0.2, -0.15) is 5.10 Å². The van der Waals surface area contributed by atoms with E-state index in [1.807, 2.05) is 13.0 Å². The Morgan fingerprint density at radius 1 is 1.21 bits per heavy atom. The fraction of sp³-hybridized carbons (Fsp3) is 0.381. The highest BCUT2D eigenvalue weighted by Gasteiger charge is 2.22. The van der Waals surface area contributed by atoms with E-state index in [4.69, 9.17) is 4.74 Å². The van der Waals surface area contributed by atoms with E-state index in [-0.39, 0.29) is 18.0 Å². The summed E-state index contributed by atoms with van der Waals surface area (Å²) in [4.78, 5) is 28.6. The third kappa shape index (κ3) is 4.26. The zero-order chi connectivity index (χ0) is 21.5. The molecule has 3 aromatic rings. The van der Waals surface area contributed by atoms with Crippen LogP contribution in [0.2, 0.25) is 0 Å². The molecule has 0 aliphatic carbocycles. The van der Waals surface area contributed by atoms with Gasteiger partial charge in [-0.1, -0.05) is 4.98 Å². The van der Waals surface area contributed by atoms with Crippen LogP contribution in [0.5, 0.6) is 0 Å². The van der Waals surface area contributed by atoms with Crippen molar-refractivity contribution < 1.29 is 19.1 Å². The molecule has 3 rings (SSSR count). The van der Waals surface area contributed by atoms with Crippen LogP contribution < -0.4 is 4.73 Å². The van der Waals surface area contributed by atoms with Gasteiger partial charge in [0.1, 0.15) is 24.0 Å². The van der Waals surface area contributed by atoms with Crippen molar-refractivity contribution in [3.05, 3.63) is 46.8 Å². The SMILES string of the molecule is CC(=O)c1nn(CC(=O)OC(C)(C)C)c2c(C)cc(-c3cnc(C)[n+]([O-])c3)cc12. The molecule has 0 aliphatic heterocycles. The van der Waals surface area contributed by atoms with Crippen molar-refractivity contribution in [2.45, 2.75) is 53.7 Å². The number of nitrogens with zero attached hydrogens (tertiary/aromatic N) is 4. The van der Waals surface area contributed by atoms with Gasteiger partial charge >= 0.3 is 5.97 Å². The number of benzene rings is 1. The van der Waals surface area contributed by atoms with Crippen molar-refractivity contribution in [1.29, 1.82) is 0 Å². The van der Waals surface area contributed by atoms with Crippen LogP contribution in [0.4, 0.5) is 0 Å². The number of carbonyl (C=O) groups is 2. The molecule has 1 aromatic carbocycles. The topological polar surface area (TPSA) is 101 Å². The van der Waals surface area contributed by atoms with Crippen LogP contribution in [0.25, 0.3) is 22.0 Å². The quantitative estimate of drug-likeness (QED) is 0.291. The second-order valence-electron chi connectivity index (χ2n) is 8.05. The standard InChI is InChI=1S/C21H24N4O4/c1-12-7-15(16-9-22-14(3)25(28)10-16)8-17-19(13(2)26)23-24(20(12)17)11-18(27)29-21(4,5)6/h7-10H,11H2,1-6H3. The van der Waals surface area contributed by atoms with Crippen molar-refractivity contribution in [3.63, 3.8) is 0 Å². The molecule has 152 valence electrons. The summed E-state index contributed by atoms with van der Waals surface area (Å²) in [5, 5.41) is 16.9. The molecule has 0 saturated carbocycles. The van der Waals surface area contributed by atoms with Crippen LogP contribution >= 0.6 is 0 Å². The van der Waals surface area contributed by atoms with Crippen LogP contribution in [-0.2, 0) is 16.1 Å². The lowest BCUT2D eigenvalue weighted by Gasteiger charge is -2.19. The fourth-order valence-corrected chi connectivity index (χ4v) is 3.19. The number of hydrogen-bond donors (Lipinski definition) is 0. The van der Waals surface area contributed by atoms with E-state index < -0.39 is 11.6 Å². The molecule has 0 aliphatic rings. The number of rotatable bonds is 4. The van der Waals surface area contributed by atoms with E-state index in [1.165, 1.54) is 17.8 Å². The van der Waals surface area contributed by atoms with Crippen molar-refractivity contribution in [2.24, 2.45) is 0 Å². The minimum atomic E-state index is -0.613. The molecule has 0 spiro atoms. The number of aryl methyl sites for hydroxylation is 2. The first kappa shape index (κ1) is 20.4. The second-order valence-corrected chi connectivity index (χ2v) is 8.05. The first-order chi connectivity index (χ1) is 13.5. The smallest absolute Gasteiger partial charge is 0.328 e. The Hall–Kier alpha value is -3.29. The molecule has 0 bridgehead atoms. The van der Waals surface area contributed by atoms with Crippen LogP contribution in [0.15, 0.2) is 24.5 Å². The minimum absolute atomic E-state index is 0.103. The predicted molar refractivity (Wildman–Crippen MR) is 107 cm³/mol. The van der Waals surface area contributed by atoms with Gasteiger partial charge in [0, 0.05) is 19.2 Å². The molecule has 0 radical (unpaired) electrons. The number of esters is 1. The molecule has 0 N–H and O–H groups in total. The first-order valence-corrected chi connectivity index (χ1v) is 9.26. The number of fused-ring (bicyclic) bond motifs is 1. The summed E-state index contributed by atoms with van der Waals surface area (Å²) in [5.74, 6) is -0.299. The molecule has 2 aromatic heterocycles. The number of aromatic nitrogens is 4. The van der Waals surface area contributed by atoms with Gasteiger partial charge in [0.15, 0.2) is 12.0 Å². The summed E-state index contributed by atoms with van der Waals surface area (Å²) in [6.07, 6.45) is 3.06. The van der Waals surface area contributed by atoms with Crippen LogP contribution in [0.1, 0.15) is 49.6 Å². The average Bonchev–Trinajstić information content (AvgIpc) is 2.94. The van der Waals surface area contributed by atoms with E-state index in [9.17, 15) is 14.8 Å². The van der Waals surface area contributed by atoms with Gasteiger partial charge in [-0.05, 0) is 51.0 Å². The van der Waals surface area contributed by atoms with Gasteiger partial charge < -0.3 is 9.94 Å². The number of hydrogen-bond acceptors (Lipinski definition) is 6. The maximum atomic E-state index is 12.3. The van der Waals surface area contributed by atoms with Crippen molar-refractivity contribution in [2.75, 3.05) is 0 Å². The maximum absolute atomic E-state index is 12.3. The lowest BCUT2D eigenvalue weighted by atomic mass is 10.0. The summed E-state index contributed by atoms with van der Waals surface area (Å²) >= 11 is 0. The van der Waals surface area contributed by atoms with E-state index >= 15 is 0 Å². The molecule has 29 heavy (non-hydrogen) atoms. The highest BCUT2D eigenvalue weighted by atomic mass is 16.6. The zero-order valence-electron chi connectivity index (χ0n) is 17.4. The molecule has 0 fully saturated rings. The second kappa shape index (κ2) is 7.27. The summed E-state index contributed by atoms with van der Waals surface area (Å²) in [7, 11) is 0. The number of carbonyl (C=O) groups excluding carboxylic acids is 2. The molecule has 2 heterocycles. The van der Waals surface area contributed by atoms with Crippen molar-refractivity contribution >= 4 is 22.7 Å². The van der Waals surface area contributed by atoms with Crippen LogP contribution in [0.3, 0.4) is 0 Å². The average molecular weight is 396 g/mol. The Bertz CT molecular complexity index is 1130. The Morgan fingerprint density at radius 2 is 1.90 bits per heavy atom. The van der Waals surface area contributed by atoms with E-state index in [0.29, 0.717) is 27.0 Å². The summed E-state index contributed by atoms with van der Waals surface area (Å²) in [5.41, 5.74) is 2.52. The molecule has 8 nitrogen and oxygen atoms in total. The Labute approximate surface area is 168 Å². The molecule has 0 saturated heterocycles. The number of ketones is 1. The molecule has 0 atom stereocenters. The number of ether oxygens (including phenoxy) is 1. The van der Waals surface area contributed by atoms with Gasteiger partial charge in [-0.15, -0.1) is 0 Å². The summed E-state index contributed by atoms with van der Waals surface area (Å²) in [6.45, 7) is 10.2. The number of Topliss-reactive ketones (excluding diaryl/α,β-unsaturated/α-hetero) is 1. The highest BCUT2D eigenvalue weighted by Crippen LogP contribution is 2.29.